The predicted molar refractivity (Wildman–Crippen MR) is 114 cm³/mol. The molecule has 0 saturated heterocycles. The third kappa shape index (κ3) is 5.43. The Morgan fingerprint density at radius 2 is 1.64 bits per heavy atom. The molecule has 0 fully saturated rings. The minimum atomic E-state index is -3.02. The summed E-state index contributed by atoms with van der Waals surface area (Å²) >= 11 is 0. The Kier molecular flexibility index (Phi) is 7.22. The van der Waals surface area contributed by atoms with Crippen LogP contribution in [0.1, 0.15) is 42.5 Å². The topological polar surface area (TPSA) is 83.8 Å². The number of benzene rings is 2. The Morgan fingerprint density at radius 3 is 2.27 bits per heavy atom. The van der Waals surface area contributed by atoms with Crippen LogP contribution < -0.4 is 4.74 Å². The van der Waals surface area contributed by atoms with Crippen molar-refractivity contribution in [2.24, 2.45) is 0 Å². The van der Waals surface area contributed by atoms with E-state index in [4.69, 9.17) is 9.47 Å². The molecule has 0 amide bonds. The molecule has 1 aromatic heterocycles. The molecule has 0 N–H and O–H groups in total. The van der Waals surface area contributed by atoms with Gasteiger partial charge in [0.1, 0.15) is 5.75 Å². The van der Waals surface area contributed by atoms with E-state index in [0.29, 0.717) is 16.8 Å². The van der Waals surface area contributed by atoms with Gasteiger partial charge in [-0.05, 0) is 62.4 Å². The average Bonchev–Trinajstić information content (AvgIpc) is 3.10. The first-order chi connectivity index (χ1) is 15.7. The normalized spacial score (nSPS) is 10.7. The second-order valence-corrected chi connectivity index (χ2v) is 7.06. The SMILES string of the molecule is COC(=O)c1ccc(-n2c(C)cc(C(=O)COC(=O)c3cccc(OC(F)F)c3)c2C)cc1. The van der Waals surface area contributed by atoms with Gasteiger partial charge >= 0.3 is 18.6 Å². The lowest BCUT2D eigenvalue weighted by Gasteiger charge is -2.11. The summed E-state index contributed by atoms with van der Waals surface area (Å²) < 4.78 is 40.6. The fourth-order valence-corrected chi connectivity index (χ4v) is 3.40. The van der Waals surface area contributed by atoms with Crippen molar-refractivity contribution in [1.29, 1.82) is 0 Å². The minimum absolute atomic E-state index is 0.0166. The van der Waals surface area contributed by atoms with Crippen molar-refractivity contribution in [1.82, 2.24) is 4.57 Å². The van der Waals surface area contributed by atoms with Crippen LogP contribution in [0.3, 0.4) is 0 Å². The highest BCUT2D eigenvalue weighted by Gasteiger charge is 2.19. The van der Waals surface area contributed by atoms with Crippen LogP contribution in [0.2, 0.25) is 0 Å². The maximum Gasteiger partial charge on any atom is 0.387 e. The zero-order chi connectivity index (χ0) is 24.1. The van der Waals surface area contributed by atoms with Crippen LogP contribution in [0.4, 0.5) is 8.78 Å². The Labute approximate surface area is 188 Å². The Hall–Kier alpha value is -4.01. The minimum Gasteiger partial charge on any atom is -0.465 e. The fraction of sp³-hybridized carbons (Fsp3) is 0.208. The lowest BCUT2D eigenvalue weighted by Crippen LogP contribution is -2.15. The number of esters is 2. The van der Waals surface area contributed by atoms with E-state index in [0.717, 1.165) is 17.4 Å². The van der Waals surface area contributed by atoms with E-state index in [9.17, 15) is 23.2 Å². The van der Waals surface area contributed by atoms with Gasteiger partial charge in [0.05, 0.1) is 18.2 Å². The lowest BCUT2D eigenvalue weighted by molar-refractivity contribution is -0.0499. The number of rotatable bonds is 8. The van der Waals surface area contributed by atoms with E-state index in [1.165, 1.54) is 25.3 Å². The molecular formula is C24H21F2NO6. The summed E-state index contributed by atoms with van der Waals surface area (Å²) in [4.78, 5) is 36.6. The maximum absolute atomic E-state index is 12.7. The number of halogens is 2. The van der Waals surface area contributed by atoms with Crippen molar-refractivity contribution in [2.75, 3.05) is 13.7 Å². The number of carbonyl (C=O) groups is 3. The number of alkyl halides is 2. The highest BCUT2D eigenvalue weighted by Crippen LogP contribution is 2.22. The fourth-order valence-electron chi connectivity index (χ4n) is 3.40. The van der Waals surface area contributed by atoms with Crippen LogP contribution in [-0.4, -0.2) is 42.6 Å². The molecule has 0 aliphatic heterocycles. The number of nitrogens with zero attached hydrogens (tertiary/aromatic N) is 1. The summed E-state index contributed by atoms with van der Waals surface area (Å²) in [6, 6.07) is 13.5. The monoisotopic (exact) mass is 457 g/mol. The molecule has 0 bridgehead atoms. The van der Waals surface area contributed by atoms with Gasteiger partial charge in [-0.2, -0.15) is 8.78 Å². The second-order valence-electron chi connectivity index (χ2n) is 7.06. The molecule has 0 radical (unpaired) electrons. The van der Waals surface area contributed by atoms with Crippen LogP contribution >= 0.6 is 0 Å². The molecule has 0 aliphatic rings. The Bertz CT molecular complexity index is 1180. The number of carbonyl (C=O) groups excluding carboxylic acids is 3. The number of aryl methyl sites for hydroxylation is 1. The summed E-state index contributed by atoms with van der Waals surface area (Å²) in [7, 11) is 1.30. The number of hydrogen-bond acceptors (Lipinski definition) is 6. The van der Waals surface area contributed by atoms with Crippen molar-refractivity contribution in [3.8, 4) is 11.4 Å². The molecule has 3 aromatic rings. The summed E-state index contributed by atoms with van der Waals surface area (Å²) in [5.74, 6) is -1.90. The van der Waals surface area contributed by atoms with Crippen LogP contribution in [0.15, 0.2) is 54.6 Å². The van der Waals surface area contributed by atoms with Crippen LogP contribution in [0.25, 0.3) is 5.69 Å². The molecule has 9 heteroatoms. The number of hydrogen-bond donors (Lipinski definition) is 0. The van der Waals surface area contributed by atoms with E-state index in [2.05, 4.69) is 4.74 Å². The average molecular weight is 457 g/mol. The van der Waals surface area contributed by atoms with E-state index >= 15 is 0 Å². The molecule has 1 heterocycles. The van der Waals surface area contributed by atoms with Crippen molar-refractivity contribution >= 4 is 17.7 Å². The Balaban J connectivity index is 1.72. The number of ether oxygens (including phenoxy) is 3. The first kappa shape index (κ1) is 23.6. The van der Waals surface area contributed by atoms with Gasteiger partial charge in [0.15, 0.2) is 6.61 Å². The van der Waals surface area contributed by atoms with Gasteiger partial charge in [-0.1, -0.05) is 6.07 Å². The first-order valence-electron chi connectivity index (χ1n) is 9.84. The van der Waals surface area contributed by atoms with E-state index in [1.807, 2.05) is 11.5 Å². The number of aromatic nitrogens is 1. The molecular weight excluding hydrogens is 436 g/mol. The first-order valence-corrected chi connectivity index (χ1v) is 9.84. The Morgan fingerprint density at radius 1 is 0.939 bits per heavy atom. The third-order valence-corrected chi connectivity index (χ3v) is 4.91. The quantitative estimate of drug-likeness (QED) is 0.365. The molecule has 0 aliphatic carbocycles. The van der Waals surface area contributed by atoms with Gasteiger partial charge in [-0.3, -0.25) is 4.79 Å². The van der Waals surface area contributed by atoms with Crippen molar-refractivity contribution in [3.63, 3.8) is 0 Å². The van der Waals surface area contributed by atoms with Crippen molar-refractivity contribution in [2.45, 2.75) is 20.5 Å². The standard InChI is InChI=1S/C24H21F2NO6/c1-14-11-20(15(2)27(14)18-9-7-16(8-10-18)22(29)31-3)21(28)13-32-23(30)17-5-4-6-19(12-17)33-24(25)26/h4-12,24H,13H2,1-3H3. The summed E-state index contributed by atoms with van der Waals surface area (Å²) in [6.45, 7) is 0.0225. The van der Waals surface area contributed by atoms with Crippen molar-refractivity contribution < 1.29 is 37.4 Å². The number of ketones is 1. The summed E-state index contributed by atoms with van der Waals surface area (Å²) in [5.41, 5.74) is 2.89. The second kappa shape index (κ2) is 10.1. The lowest BCUT2D eigenvalue weighted by atomic mass is 10.1. The number of methoxy groups -OCH3 is 1. The van der Waals surface area contributed by atoms with Crippen LogP contribution in [-0.2, 0) is 9.47 Å². The molecule has 3 rings (SSSR count). The van der Waals surface area contributed by atoms with Gasteiger partial charge in [0, 0.05) is 22.6 Å². The van der Waals surface area contributed by atoms with Gasteiger partial charge in [0.25, 0.3) is 0 Å². The molecule has 0 saturated carbocycles. The zero-order valence-electron chi connectivity index (χ0n) is 18.1. The number of Topliss-reactive ketones (excluding diaryl/α,β-unsaturated/α-hetero) is 1. The summed E-state index contributed by atoms with van der Waals surface area (Å²) in [6.07, 6.45) is 0. The van der Waals surface area contributed by atoms with Gasteiger partial charge in [0.2, 0.25) is 5.78 Å². The highest BCUT2D eigenvalue weighted by molar-refractivity contribution is 6.00. The zero-order valence-corrected chi connectivity index (χ0v) is 18.1. The summed E-state index contributed by atoms with van der Waals surface area (Å²) in [5, 5.41) is 0. The molecule has 7 nitrogen and oxygen atoms in total. The maximum atomic E-state index is 12.7. The molecule has 2 aromatic carbocycles. The molecule has 172 valence electrons. The largest absolute Gasteiger partial charge is 0.465 e. The van der Waals surface area contributed by atoms with Crippen LogP contribution in [0, 0.1) is 13.8 Å². The molecule has 0 spiro atoms. The highest BCUT2D eigenvalue weighted by atomic mass is 19.3. The molecule has 33 heavy (non-hydrogen) atoms. The van der Waals surface area contributed by atoms with Gasteiger partial charge in [-0.15, -0.1) is 0 Å². The smallest absolute Gasteiger partial charge is 0.387 e. The van der Waals surface area contributed by atoms with Gasteiger partial charge < -0.3 is 18.8 Å². The van der Waals surface area contributed by atoms with E-state index in [1.54, 1.807) is 37.3 Å². The van der Waals surface area contributed by atoms with E-state index in [-0.39, 0.29) is 11.3 Å². The van der Waals surface area contributed by atoms with Gasteiger partial charge in [-0.25, -0.2) is 9.59 Å². The third-order valence-electron chi connectivity index (χ3n) is 4.91. The molecule has 0 unspecified atom stereocenters. The van der Waals surface area contributed by atoms with Crippen molar-refractivity contribution in [3.05, 3.63) is 82.7 Å². The van der Waals surface area contributed by atoms with E-state index < -0.39 is 30.9 Å². The molecule has 0 atom stereocenters. The van der Waals surface area contributed by atoms with Crippen LogP contribution in [0.5, 0.6) is 5.75 Å². The predicted octanol–water partition coefficient (Wildman–Crippen LogP) is 4.52.